The molecule has 1 aromatic heterocycles. The Hall–Kier alpha value is -1.30. The maximum Gasteiger partial charge on any atom is 0.0951 e. The molecule has 0 aliphatic heterocycles. The van der Waals surface area contributed by atoms with Crippen molar-refractivity contribution in [2.24, 2.45) is 5.92 Å². The first-order valence-corrected chi connectivity index (χ1v) is 5.19. The van der Waals surface area contributed by atoms with E-state index in [2.05, 4.69) is 21.8 Å². The highest BCUT2D eigenvalue weighted by molar-refractivity contribution is 4.96. The minimum Gasteiger partial charge on any atom is -0.334 e. The predicted octanol–water partition coefficient (Wildman–Crippen LogP) is 2.45. The third-order valence-electron chi connectivity index (χ3n) is 3.03. The Morgan fingerprint density at radius 3 is 2.64 bits per heavy atom. The second-order valence-corrected chi connectivity index (χ2v) is 4.10. The monoisotopic (exact) mass is 189 g/mol. The lowest BCUT2D eigenvalue weighted by atomic mass is 9.87. The fourth-order valence-electron chi connectivity index (χ4n) is 2.14. The highest BCUT2D eigenvalue weighted by Crippen LogP contribution is 2.31. The van der Waals surface area contributed by atoms with E-state index in [0.717, 1.165) is 31.4 Å². The summed E-state index contributed by atoms with van der Waals surface area (Å²) in [7, 11) is 0. The standard InChI is InChI=1S/C11H15N3/c1-9-7-14(8-13-9)11-4-2-10(6-12)3-5-11/h7-8,10-11H,2-5H2,1H3. The van der Waals surface area contributed by atoms with Gasteiger partial charge in [-0.25, -0.2) is 4.98 Å². The molecule has 14 heavy (non-hydrogen) atoms. The minimum atomic E-state index is 0.288. The second-order valence-electron chi connectivity index (χ2n) is 4.10. The average Bonchev–Trinajstić information content (AvgIpc) is 2.65. The Kier molecular flexibility index (Phi) is 2.53. The number of imidazole rings is 1. The maximum atomic E-state index is 8.78. The number of hydrogen-bond donors (Lipinski definition) is 0. The molecule has 2 rings (SSSR count). The van der Waals surface area contributed by atoms with Crippen molar-refractivity contribution in [3.05, 3.63) is 18.2 Å². The van der Waals surface area contributed by atoms with Gasteiger partial charge in [0.25, 0.3) is 0 Å². The minimum absolute atomic E-state index is 0.288. The van der Waals surface area contributed by atoms with Crippen LogP contribution in [0.5, 0.6) is 0 Å². The molecule has 1 aromatic rings. The van der Waals surface area contributed by atoms with Crippen LogP contribution < -0.4 is 0 Å². The van der Waals surface area contributed by atoms with Gasteiger partial charge in [0.1, 0.15) is 0 Å². The van der Waals surface area contributed by atoms with Gasteiger partial charge in [0.15, 0.2) is 0 Å². The van der Waals surface area contributed by atoms with Crippen molar-refractivity contribution >= 4 is 0 Å². The Morgan fingerprint density at radius 2 is 2.14 bits per heavy atom. The molecule has 1 fully saturated rings. The van der Waals surface area contributed by atoms with Gasteiger partial charge < -0.3 is 4.57 Å². The van der Waals surface area contributed by atoms with Crippen molar-refractivity contribution in [2.75, 3.05) is 0 Å². The molecule has 1 saturated carbocycles. The summed E-state index contributed by atoms with van der Waals surface area (Å²) in [6.07, 6.45) is 8.32. The summed E-state index contributed by atoms with van der Waals surface area (Å²) in [6, 6.07) is 2.93. The van der Waals surface area contributed by atoms with E-state index >= 15 is 0 Å². The molecule has 0 aromatic carbocycles. The predicted molar refractivity (Wildman–Crippen MR) is 53.6 cm³/mol. The summed E-state index contributed by atoms with van der Waals surface area (Å²) in [5.41, 5.74) is 1.08. The van der Waals surface area contributed by atoms with Crippen LogP contribution in [0.3, 0.4) is 0 Å². The molecular weight excluding hydrogens is 174 g/mol. The fraction of sp³-hybridized carbons (Fsp3) is 0.636. The van der Waals surface area contributed by atoms with Gasteiger partial charge in [-0.05, 0) is 32.6 Å². The maximum absolute atomic E-state index is 8.78. The van der Waals surface area contributed by atoms with Crippen molar-refractivity contribution in [3.63, 3.8) is 0 Å². The molecule has 1 heterocycles. The van der Waals surface area contributed by atoms with E-state index in [9.17, 15) is 0 Å². The van der Waals surface area contributed by atoms with Gasteiger partial charge in [0.2, 0.25) is 0 Å². The zero-order valence-electron chi connectivity index (χ0n) is 8.48. The van der Waals surface area contributed by atoms with Crippen molar-refractivity contribution in [3.8, 4) is 6.07 Å². The first-order chi connectivity index (χ1) is 6.79. The van der Waals surface area contributed by atoms with Crippen LogP contribution in [-0.4, -0.2) is 9.55 Å². The number of hydrogen-bond acceptors (Lipinski definition) is 2. The van der Waals surface area contributed by atoms with Gasteiger partial charge in [0.05, 0.1) is 18.1 Å². The average molecular weight is 189 g/mol. The summed E-state index contributed by atoms with van der Waals surface area (Å²) >= 11 is 0. The summed E-state index contributed by atoms with van der Waals surface area (Å²) < 4.78 is 2.20. The molecule has 0 atom stereocenters. The molecule has 3 nitrogen and oxygen atoms in total. The van der Waals surface area contributed by atoms with Gasteiger partial charge in [0, 0.05) is 18.2 Å². The fourth-order valence-corrected chi connectivity index (χ4v) is 2.14. The lowest BCUT2D eigenvalue weighted by molar-refractivity contribution is 0.313. The molecule has 0 N–H and O–H groups in total. The molecular formula is C11H15N3. The molecule has 1 aliphatic carbocycles. The van der Waals surface area contributed by atoms with Gasteiger partial charge >= 0.3 is 0 Å². The zero-order valence-corrected chi connectivity index (χ0v) is 8.48. The number of nitriles is 1. The highest BCUT2D eigenvalue weighted by atomic mass is 15.1. The Bertz CT molecular complexity index is 340. The molecule has 0 unspecified atom stereocenters. The summed E-state index contributed by atoms with van der Waals surface area (Å²) in [5.74, 6) is 0.288. The number of aryl methyl sites for hydroxylation is 1. The van der Waals surface area contributed by atoms with Crippen LogP contribution in [0.1, 0.15) is 37.4 Å². The smallest absolute Gasteiger partial charge is 0.0951 e. The second kappa shape index (κ2) is 3.83. The summed E-state index contributed by atoms with van der Waals surface area (Å²) in [5, 5.41) is 8.78. The van der Waals surface area contributed by atoms with E-state index in [1.54, 1.807) is 0 Å². The van der Waals surface area contributed by atoms with E-state index in [4.69, 9.17) is 5.26 Å². The van der Waals surface area contributed by atoms with Gasteiger partial charge in [-0.2, -0.15) is 5.26 Å². The summed E-state index contributed by atoms with van der Waals surface area (Å²) in [6.45, 7) is 2.01. The van der Waals surface area contributed by atoms with Gasteiger partial charge in [-0.15, -0.1) is 0 Å². The lowest BCUT2D eigenvalue weighted by Gasteiger charge is -2.25. The van der Waals surface area contributed by atoms with E-state index < -0.39 is 0 Å². The molecule has 74 valence electrons. The van der Waals surface area contributed by atoms with Crippen LogP contribution in [0.25, 0.3) is 0 Å². The van der Waals surface area contributed by atoms with Crippen molar-refractivity contribution in [1.82, 2.24) is 9.55 Å². The molecule has 0 bridgehead atoms. The normalized spacial score (nSPS) is 27.1. The van der Waals surface area contributed by atoms with E-state index in [1.165, 1.54) is 0 Å². The largest absolute Gasteiger partial charge is 0.334 e. The van der Waals surface area contributed by atoms with Crippen LogP contribution in [0, 0.1) is 24.2 Å². The summed E-state index contributed by atoms with van der Waals surface area (Å²) in [4.78, 5) is 4.23. The first kappa shape index (κ1) is 9.26. The lowest BCUT2D eigenvalue weighted by Crippen LogP contribution is -2.16. The van der Waals surface area contributed by atoms with Gasteiger partial charge in [-0.1, -0.05) is 0 Å². The van der Waals surface area contributed by atoms with E-state index in [-0.39, 0.29) is 5.92 Å². The van der Waals surface area contributed by atoms with Crippen LogP contribution in [0.2, 0.25) is 0 Å². The molecule has 0 saturated heterocycles. The quantitative estimate of drug-likeness (QED) is 0.681. The van der Waals surface area contributed by atoms with Crippen LogP contribution in [-0.2, 0) is 0 Å². The van der Waals surface area contributed by atoms with E-state index in [1.807, 2.05) is 13.3 Å². The van der Waals surface area contributed by atoms with Crippen molar-refractivity contribution < 1.29 is 0 Å². The van der Waals surface area contributed by atoms with Crippen molar-refractivity contribution in [1.29, 1.82) is 5.26 Å². The molecule has 3 heteroatoms. The molecule has 0 radical (unpaired) electrons. The third-order valence-corrected chi connectivity index (χ3v) is 3.03. The molecule has 0 amide bonds. The highest BCUT2D eigenvalue weighted by Gasteiger charge is 2.21. The Morgan fingerprint density at radius 1 is 1.43 bits per heavy atom. The first-order valence-electron chi connectivity index (χ1n) is 5.19. The van der Waals surface area contributed by atoms with Crippen LogP contribution in [0.4, 0.5) is 0 Å². The number of rotatable bonds is 1. The SMILES string of the molecule is Cc1cn(C2CCC(C#N)CC2)cn1. The third kappa shape index (κ3) is 1.79. The van der Waals surface area contributed by atoms with Crippen LogP contribution in [0.15, 0.2) is 12.5 Å². The Balaban J connectivity index is 1.99. The number of aromatic nitrogens is 2. The molecule has 0 spiro atoms. The van der Waals surface area contributed by atoms with Crippen LogP contribution >= 0.6 is 0 Å². The van der Waals surface area contributed by atoms with Gasteiger partial charge in [-0.3, -0.25) is 0 Å². The number of nitrogens with zero attached hydrogens (tertiary/aromatic N) is 3. The molecule has 1 aliphatic rings. The topological polar surface area (TPSA) is 41.6 Å². The zero-order chi connectivity index (χ0) is 9.97. The Labute approximate surface area is 84.4 Å². The van der Waals surface area contributed by atoms with Crippen molar-refractivity contribution in [2.45, 2.75) is 38.6 Å². The van der Waals surface area contributed by atoms with E-state index in [0.29, 0.717) is 6.04 Å².